The van der Waals surface area contributed by atoms with Crippen LogP contribution in [-0.4, -0.2) is 30.2 Å². The third-order valence-electron chi connectivity index (χ3n) is 6.08. The van der Waals surface area contributed by atoms with E-state index < -0.39 is 0 Å². The minimum Gasteiger partial charge on any atom is -0.389 e. The molecular formula is C24H42O3. The molecule has 156 valence electrons. The number of aliphatic hydroxyl groups is 1. The molecule has 0 aromatic heterocycles. The van der Waals surface area contributed by atoms with Crippen LogP contribution in [-0.2, 0) is 9.47 Å². The Labute approximate surface area is 167 Å². The maximum atomic E-state index is 10.4. The average Bonchev–Trinajstić information content (AvgIpc) is 3.17. The molecule has 2 aliphatic rings. The number of unbranched alkanes of at least 4 members (excludes halogenated alkanes) is 4. The minimum atomic E-state index is -0.337. The van der Waals surface area contributed by atoms with Crippen LogP contribution in [0.1, 0.15) is 97.3 Å². The van der Waals surface area contributed by atoms with Crippen LogP contribution in [0.15, 0.2) is 24.3 Å². The van der Waals surface area contributed by atoms with Crippen LogP contribution in [0.4, 0.5) is 0 Å². The lowest BCUT2D eigenvalue weighted by Crippen LogP contribution is -2.39. The molecule has 0 aromatic rings. The summed E-state index contributed by atoms with van der Waals surface area (Å²) in [5.74, 6) is 0. The van der Waals surface area contributed by atoms with Gasteiger partial charge in [0.25, 0.3) is 0 Å². The molecule has 1 N–H and O–H groups in total. The van der Waals surface area contributed by atoms with E-state index in [4.69, 9.17) is 9.47 Å². The van der Waals surface area contributed by atoms with Gasteiger partial charge in [0, 0.05) is 12.0 Å². The number of ether oxygens (including phenoxy) is 2. The summed E-state index contributed by atoms with van der Waals surface area (Å²) in [6.45, 7) is 5.27. The van der Waals surface area contributed by atoms with Crippen LogP contribution in [0.5, 0.6) is 0 Å². The van der Waals surface area contributed by atoms with Crippen LogP contribution >= 0.6 is 0 Å². The zero-order chi connectivity index (χ0) is 19.4. The molecule has 0 saturated carbocycles. The first-order valence-electron chi connectivity index (χ1n) is 11.5. The van der Waals surface area contributed by atoms with Gasteiger partial charge in [-0.05, 0) is 44.9 Å². The first-order chi connectivity index (χ1) is 13.2. The lowest BCUT2D eigenvalue weighted by molar-refractivity contribution is -0.207. The van der Waals surface area contributed by atoms with Crippen molar-refractivity contribution in [3.63, 3.8) is 0 Å². The summed E-state index contributed by atoms with van der Waals surface area (Å²) < 4.78 is 12.5. The quantitative estimate of drug-likeness (QED) is 0.301. The molecule has 0 spiro atoms. The highest BCUT2D eigenvalue weighted by molar-refractivity contribution is 5.16. The monoisotopic (exact) mass is 378 g/mol. The Morgan fingerprint density at radius 1 is 1.07 bits per heavy atom. The molecule has 1 fully saturated rings. The molecule has 0 radical (unpaired) electrons. The van der Waals surface area contributed by atoms with E-state index in [1.165, 1.54) is 38.5 Å². The second-order valence-electron chi connectivity index (χ2n) is 8.45. The maximum Gasteiger partial charge on any atom is 0.157 e. The molecule has 3 heteroatoms. The third-order valence-corrected chi connectivity index (χ3v) is 6.08. The van der Waals surface area contributed by atoms with E-state index in [2.05, 4.69) is 32.1 Å². The van der Waals surface area contributed by atoms with Crippen molar-refractivity contribution in [1.29, 1.82) is 0 Å². The van der Waals surface area contributed by atoms with Gasteiger partial charge in [0.2, 0.25) is 0 Å². The predicted octanol–water partition coefficient (Wildman–Crippen LogP) is 6.31. The fourth-order valence-electron chi connectivity index (χ4n) is 4.27. The zero-order valence-electron chi connectivity index (χ0n) is 17.7. The van der Waals surface area contributed by atoms with Crippen molar-refractivity contribution in [3.05, 3.63) is 24.3 Å². The van der Waals surface area contributed by atoms with Crippen molar-refractivity contribution in [2.24, 2.45) is 5.41 Å². The summed E-state index contributed by atoms with van der Waals surface area (Å²) in [4.78, 5) is 0. The van der Waals surface area contributed by atoms with Gasteiger partial charge in [-0.2, -0.15) is 0 Å². The molecule has 1 aliphatic heterocycles. The predicted molar refractivity (Wildman–Crippen MR) is 113 cm³/mol. The Morgan fingerprint density at radius 2 is 1.78 bits per heavy atom. The topological polar surface area (TPSA) is 38.7 Å². The van der Waals surface area contributed by atoms with Crippen LogP contribution in [0.25, 0.3) is 0 Å². The van der Waals surface area contributed by atoms with E-state index in [9.17, 15) is 5.11 Å². The van der Waals surface area contributed by atoms with Crippen molar-refractivity contribution in [2.45, 2.75) is 116 Å². The highest BCUT2D eigenvalue weighted by Gasteiger charge is 2.39. The number of hydrogen-bond acceptors (Lipinski definition) is 3. The summed E-state index contributed by atoms with van der Waals surface area (Å²) in [5, 5.41) is 10.4. The lowest BCUT2D eigenvalue weighted by Gasteiger charge is -2.38. The Kier molecular flexibility index (Phi) is 10.7. The van der Waals surface area contributed by atoms with Crippen molar-refractivity contribution < 1.29 is 14.6 Å². The summed E-state index contributed by atoms with van der Waals surface area (Å²) in [6, 6.07) is 0. The first-order valence-corrected chi connectivity index (χ1v) is 11.5. The van der Waals surface area contributed by atoms with Gasteiger partial charge in [0.1, 0.15) is 0 Å². The van der Waals surface area contributed by atoms with Gasteiger partial charge in [-0.3, -0.25) is 0 Å². The summed E-state index contributed by atoms with van der Waals surface area (Å²) in [7, 11) is 0. The van der Waals surface area contributed by atoms with Gasteiger partial charge in [0.05, 0.1) is 12.2 Å². The molecule has 1 saturated heterocycles. The van der Waals surface area contributed by atoms with Gasteiger partial charge in [0.15, 0.2) is 6.29 Å². The van der Waals surface area contributed by atoms with Crippen LogP contribution in [0.3, 0.4) is 0 Å². The third kappa shape index (κ3) is 7.71. The standard InChI is InChI=1S/C24H42O3/c1-3-5-7-13-21(25)16-19-24(17-10-11-18-24)22(14-8-6-4-2)27-23-15-9-12-20-26-23/h10-11,16,19,21-23,25H,3-9,12-15,17-18,20H2,1-2H3. The Bertz CT molecular complexity index is 429. The van der Waals surface area contributed by atoms with Gasteiger partial charge in [-0.25, -0.2) is 0 Å². The van der Waals surface area contributed by atoms with Crippen molar-refractivity contribution in [2.75, 3.05) is 6.61 Å². The Morgan fingerprint density at radius 3 is 2.41 bits per heavy atom. The summed E-state index contributed by atoms with van der Waals surface area (Å²) in [5.41, 5.74) is -0.0136. The highest BCUT2D eigenvalue weighted by atomic mass is 16.7. The fourth-order valence-corrected chi connectivity index (χ4v) is 4.27. The summed E-state index contributed by atoms with van der Waals surface area (Å²) >= 11 is 0. The number of allylic oxidation sites excluding steroid dienone is 2. The van der Waals surface area contributed by atoms with E-state index in [0.29, 0.717) is 0 Å². The molecule has 1 aliphatic carbocycles. The number of hydrogen-bond donors (Lipinski definition) is 1. The van der Waals surface area contributed by atoms with Gasteiger partial charge < -0.3 is 14.6 Å². The minimum absolute atomic E-state index is 0.0136. The lowest BCUT2D eigenvalue weighted by atomic mass is 9.76. The number of aliphatic hydroxyl groups excluding tert-OH is 1. The van der Waals surface area contributed by atoms with Crippen molar-refractivity contribution in [3.8, 4) is 0 Å². The van der Waals surface area contributed by atoms with E-state index in [-0.39, 0.29) is 23.9 Å². The molecule has 3 unspecified atom stereocenters. The van der Waals surface area contributed by atoms with Gasteiger partial charge in [-0.1, -0.05) is 76.7 Å². The fraction of sp³-hybridized carbons (Fsp3) is 0.833. The second-order valence-corrected chi connectivity index (χ2v) is 8.45. The molecule has 3 atom stereocenters. The Balaban J connectivity index is 2.03. The molecule has 1 heterocycles. The Hall–Kier alpha value is -0.640. The highest BCUT2D eigenvalue weighted by Crippen LogP contribution is 2.43. The smallest absolute Gasteiger partial charge is 0.157 e. The molecule has 3 nitrogen and oxygen atoms in total. The molecule has 0 bridgehead atoms. The van der Waals surface area contributed by atoms with Crippen LogP contribution < -0.4 is 0 Å². The van der Waals surface area contributed by atoms with Crippen molar-refractivity contribution >= 4 is 0 Å². The zero-order valence-corrected chi connectivity index (χ0v) is 17.7. The van der Waals surface area contributed by atoms with E-state index in [0.717, 1.165) is 51.6 Å². The molecule has 0 amide bonds. The normalized spacial score (nSPS) is 24.5. The van der Waals surface area contributed by atoms with Crippen molar-refractivity contribution in [1.82, 2.24) is 0 Å². The molecule has 0 aromatic carbocycles. The molecule has 27 heavy (non-hydrogen) atoms. The number of rotatable bonds is 13. The summed E-state index contributed by atoms with van der Waals surface area (Å²) in [6.07, 6.45) is 23.1. The van der Waals surface area contributed by atoms with E-state index >= 15 is 0 Å². The first kappa shape index (κ1) is 22.6. The largest absolute Gasteiger partial charge is 0.389 e. The maximum absolute atomic E-state index is 10.4. The van der Waals surface area contributed by atoms with E-state index in [1.807, 2.05) is 6.08 Å². The molecular weight excluding hydrogens is 336 g/mol. The van der Waals surface area contributed by atoms with Crippen LogP contribution in [0, 0.1) is 5.41 Å². The van der Waals surface area contributed by atoms with Gasteiger partial charge >= 0.3 is 0 Å². The van der Waals surface area contributed by atoms with Gasteiger partial charge in [-0.15, -0.1) is 0 Å². The average molecular weight is 379 g/mol. The van der Waals surface area contributed by atoms with Crippen LogP contribution in [0.2, 0.25) is 0 Å². The SMILES string of the molecule is CCCCCC(O)C=CC1(C(CCCCC)OC2CCCCO2)CC=CC1. The second kappa shape index (κ2) is 12.7. The molecule has 2 rings (SSSR count). The van der Waals surface area contributed by atoms with E-state index in [1.54, 1.807) is 0 Å².